The summed E-state index contributed by atoms with van der Waals surface area (Å²) in [5.74, 6) is -2.03. The zero-order valence-electron chi connectivity index (χ0n) is 23.3. The van der Waals surface area contributed by atoms with Crippen molar-refractivity contribution in [2.75, 3.05) is 26.2 Å². The van der Waals surface area contributed by atoms with Crippen molar-refractivity contribution in [2.24, 2.45) is 5.92 Å². The van der Waals surface area contributed by atoms with Gasteiger partial charge in [-0.05, 0) is 40.7 Å². The minimum atomic E-state index is -1.36. The third kappa shape index (κ3) is 6.28. The van der Waals surface area contributed by atoms with E-state index in [0.29, 0.717) is 32.4 Å². The van der Waals surface area contributed by atoms with Gasteiger partial charge in [-0.25, -0.2) is 9.59 Å². The number of nitrogens with zero attached hydrogens (tertiary/aromatic N) is 1. The number of aliphatic carboxylic acids is 1. The molecule has 5 rings (SSSR count). The zero-order chi connectivity index (χ0) is 28.8. The standard InChI is InChI=1S/C33H37N3O5/c1-2-10-24(30(37)35-33(31(38)39)17-18-36(22-33)20-23-11-4-3-5-12-23)19-34-32(40)41-21-29-27-15-8-6-13-25(27)26-14-7-9-16-28(26)29/h3-9,11-16,24,29H,2,10,17-22H2,1H3,(H,34,40)(H,35,37)(H,38,39). The second-order valence-electron chi connectivity index (χ2n) is 11.0. The first-order valence-electron chi connectivity index (χ1n) is 14.3. The van der Waals surface area contributed by atoms with Gasteiger partial charge in [-0.3, -0.25) is 9.69 Å². The van der Waals surface area contributed by atoms with Crippen molar-refractivity contribution in [1.29, 1.82) is 0 Å². The molecule has 0 spiro atoms. The van der Waals surface area contributed by atoms with Gasteiger partial charge >= 0.3 is 12.1 Å². The molecule has 1 heterocycles. The molecule has 3 aromatic carbocycles. The topological polar surface area (TPSA) is 108 Å². The molecule has 0 aromatic heterocycles. The fraction of sp³-hybridized carbons (Fsp3) is 0.364. The minimum absolute atomic E-state index is 0.0560. The number of nitrogens with one attached hydrogen (secondary N) is 2. The van der Waals surface area contributed by atoms with Gasteiger partial charge in [-0.2, -0.15) is 0 Å². The molecule has 1 saturated heterocycles. The molecule has 8 nitrogen and oxygen atoms in total. The van der Waals surface area contributed by atoms with Crippen molar-refractivity contribution in [3.05, 3.63) is 95.6 Å². The number of fused-ring (bicyclic) bond motifs is 3. The van der Waals surface area contributed by atoms with Crippen molar-refractivity contribution in [3.8, 4) is 11.1 Å². The Bertz CT molecular complexity index is 1350. The van der Waals surface area contributed by atoms with Crippen LogP contribution < -0.4 is 10.6 Å². The molecule has 3 N–H and O–H groups in total. The number of carboxylic acid groups (broad SMARTS) is 1. The molecular weight excluding hydrogens is 518 g/mol. The Morgan fingerprint density at radius 2 is 1.61 bits per heavy atom. The predicted molar refractivity (Wildman–Crippen MR) is 156 cm³/mol. The molecule has 0 bridgehead atoms. The second kappa shape index (κ2) is 12.6. The van der Waals surface area contributed by atoms with E-state index in [1.54, 1.807) is 0 Å². The molecule has 0 saturated carbocycles. The first kappa shape index (κ1) is 28.4. The summed E-state index contributed by atoms with van der Waals surface area (Å²) in [5, 5.41) is 15.7. The highest BCUT2D eigenvalue weighted by molar-refractivity contribution is 5.89. The maximum Gasteiger partial charge on any atom is 0.407 e. The van der Waals surface area contributed by atoms with Crippen LogP contribution in [0.5, 0.6) is 0 Å². The van der Waals surface area contributed by atoms with Crippen LogP contribution in [0.25, 0.3) is 11.1 Å². The van der Waals surface area contributed by atoms with E-state index in [0.717, 1.165) is 27.8 Å². The summed E-state index contributed by atoms with van der Waals surface area (Å²) < 4.78 is 5.63. The number of alkyl carbamates (subject to hydrolysis) is 1. The maximum absolute atomic E-state index is 13.3. The highest BCUT2D eigenvalue weighted by Crippen LogP contribution is 2.44. The lowest BCUT2D eigenvalue weighted by Crippen LogP contribution is -2.58. The van der Waals surface area contributed by atoms with Crippen LogP contribution in [0.15, 0.2) is 78.9 Å². The lowest BCUT2D eigenvalue weighted by atomic mass is 9.95. The average molecular weight is 556 g/mol. The Kier molecular flexibility index (Phi) is 8.69. The quantitative estimate of drug-likeness (QED) is 0.314. The van der Waals surface area contributed by atoms with Gasteiger partial charge in [0.25, 0.3) is 0 Å². The summed E-state index contributed by atoms with van der Waals surface area (Å²) in [6, 6.07) is 26.1. The largest absolute Gasteiger partial charge is 0.479 e. The van der Waals surface area contributed by atoms with Gasteiger partial charge in [0.2, 0.25) is 5.91 Å². The molecule has 41 heavy (non-hydrogen) atoms. The lowest BCUT2D eigenvalue weighted by Gasteiger charge is -2.29. The second-order valence-corrected chi connectivity index (χ2v) is 11.0. The number of rotatable bonds is 11. The van der Waals surface area contributed by atoms with Crippen LogP contribution in [0.3, 0.4) is 0 Å². The van der Waals surface area contributed by atoms with Crippen molar-refractivity contribution in [3.63, 3.8) is 0 Å². The third-order valence-electron chi connectivity index (χ3n) is 8.21. The maximum atomic E-state index is 13.3. The van der Waals surface area contributed by atoms with E-state index in [2.05, 4.69) is 34.9 Å². The molecule has 2 amide bonds. The summed E-state index contributed by atoms with van der Waals surface area (Å²) in [6.45, 7) is 3.62. The Morgan fingerprint density at radius 1 is 0.976 bits per heavy atom. The number of carbonyl (C=O) groups is 3. The van der Waals surface area contributed by atoms with E-state index in [-0.39, 0.29) is 31.5 Å². The Morgan fingerprint density at radius 3 is 2.24 bits per heavy atom. The van der Waals surface area contributed by atoms with Gasteiger partial charge < -0.3 is 20.5 Å². The SMILES string of the molecule is CCCC(CNC(=O)OCC1c2ccccc2-c2ccccc21)C(=O)NC1(C(=O)O)CCN(Cc2ccccc2)C1. The van der Waals surface area contributed by atoms with Crippen molar-refractivity contribution in [1.82, 2.24) is 15.5 Å². The normalized spacial score (nSPS) is 18.8. The van der Waals surface area contributed by atoms with E-state index in [4.69, 9.17) is 4.74 Å². The number of hydrogen-bond acceptors (Lipinski definition) is 5. The van der Waals surface area contributed by atoms with Gasteiger partial charge in [-0.15, -0.1) is 0 Å². The molecule has 8 heteroatoms. The molecule has 1 aliphatic heterocycles. The van der Waals surface area contributed by atoms with E-state index in [9.17, 15) is 19.5 Å². The number of amides is 2. The van der Waals surface area contributed by atoms with Gasteiger partial charge in [-0.1, -0.05) is 92.2 Å². The molecule has 214 valence electrons. The molecule has 1 fully saturated rings. The first-order valence-corrected chi connectivity index (χ1v) is 14.3. The average Bonchev–Trinajstić information content (AvgIpc) is 3.54. The number of carbonyl (C=O) groups excluding carboxylic acids is 2. The van der Waals surface area contributed by atoms with E-state index >= 15 is 0 Å². The monoisotopic (exact) mass is 555 g/mol. The number of benzene rings is 3. The van der Waals surface area contributed by atoms with Crippen LogP contribution in [-0.2, 0) is 20.9 Å². The van der Waals surface area contributed by atoms with E-state index in [1.165, 1.54) is 0 Å². The number of ether oxygens (including phenoxy) is 1. The van der Waals surface area contributed by atoms with Crippen molar-refractivity contribution >= 4 is 18.0 Å². The highest BCUT2D eigenvalue weighted by atomic mass is 16.5. The molecule has 0 radical (unpaired) electrons. The summed E-state index contributed by atoms with van der Waals surface area (Å²) in [5.41, 5.74) is 4.29. The summed E-state index contributed by atoms with van der Waals surface area (Å²) in [6.07, 6.45) is 0.951. The van der Waals surface area contributed by atoms with E-state index < -0.39 is 23.5 Å². The van der Waals surface area contributed by atoms with Crippen LogP contribution >= 0.6 is 0 Å². The Labute approximate surface area is 240 Å². The fourth-order valence-electron chi connectivity index (χ4n) is 6.06. The number of likely N-dealkylation sites (tertiary alicyclic amines) is 1. The molecule has 2 aliphatic rings. The fourth-order valence-corrected chi connectivity index (χ4v) is 6.06. The zero-order valence-corrected chi connectivity index (χ0v) is 23.3. The van der Waals surface area contributed by atoms with Crippen LogP contribution in [-0.4, -0.2) is 59.8 Å². The van der Waals surface area contributed by atoms with Gasteiger partial charge in [0.15, 0.2) is 5.54 Å². The summed E-state index contributed by atoms with van der Waals surface area (Å²) in [7, 11) is 0. The van der Waals surface area contributed by atoms with E-state index in [1.807, 2.05) is 66.4 Å². The first-order chi connectivity index (χ1) is 19.9. The van der Waals surface area contributed by atoms with Gasteiger partial charge in [0.05, 0.1) is 5.92 Å². The molecule has 2 unspecified atom stereocenters. The van der Waals surface area contributed by atoms with Crippen LogP contribution in [0, 0.1) is 5.92 Å². The molecular formula is C33H37N3O5. The van der Waals surface area contributed by atoms with Crippen LogP contribution in [0.2, 0.25) is 0 Å². The molecule has 3 aromatic rings. The highest BCUT2D eigenvalue weighted by Gasteiger charge is 2.46. The Balaban J connectivity index is 1.17. The van der Waals surface area contributed by atoms with Crippen molar-refractivity contribution < 1.29 is 24.2 Å². The minimum Gasteiger partial charge on any atom is -0.479 e. The van der Waals surface area contributed by atoms with Crippen LogP contribution in [0.4, 0.5) is 4.79 Å². The van der Waals surface area contributed by atoms with Crippen molar-refractivity contribution in [2.45, 2.75) is 44.2 Å². The predicted octanol–water partition coefficient (Wildman–Crippen LogP) is 4.79. The lowest BCUT2D eigenvalue weighted by molar-refractivity contribution is -0.147. The molecule has 1 aliphatic carbocycles. The van der Waals surface area contributed by atoms with Gasteiger partial charge in [0.1, 0.15) is 6.61 Å². The van der Waals surface area contributed by atoms with Gasteiger partial charge in [0, 0.05) is 32.1 Å². The Hall–Kier alpha value is -4.17. The number of hydrogen-bond donors (Lipinski definition) is 3. The van der Waals surface area contributed by atoms with Crippen LogP contribution in [0.1, 0.15) is 48.8 Å². The molecule has 2 atom stereocenters. The summed E-state index contributed by atoms with van der Waals surface area (Å²) >= 11 is 0. The smallest absolute Gasteiger partial charge is 0.407 e. The number of carboxylic acids is 1. The third-order valence-corrected chi connectivity index (χ3v) is 8.21. The summed E-state index contributed by atoms with van der Waals surface area (Å²) in [4.78, 5) is 40.5.